The van der Waals surface area contributed by atoms with Crippen LogP contribution < -0.4 is 5.32 Å². The first-order valence-electron chi connectivity index (χ1n) is 5.44. The summed E-state index contributed by atoms with van der Waals surface area (Å²) in [6, 6.07) is 0. The molecule has 5 nitrogen and oxygen atoms in total. The van der Waals surface area contributed by atoms with Crippen molar-refractivity contribution in [2.24, 2.45) is 5.41 Å². The molecule has 0 saturated heterocycles. The lowest BCUT2D eigenvalue weighted by atomic mass is 9.78. The molecule has 0 aromatic rings. The van der Waals surface area contributed by atoms with Crippen LogP contribution in [0, 0.1) is 5.41 Å². The quantitative estimate of drug-likeness (QED) is 0.358. The molecule has 0 aliphatic heterocycles. The average molecular weight is 227 g/mol. The SMILES string of the molecule is O=C(O)C1(C(=O)NCCCO)C=CCCC1. The number of carboxylic acid groups (broad SMARTS) is 1. The van der Waals surface area contributed by atoms with Crippen molar-refractivity contribution in [3.05, 3.63) is 12.2 Å². The van der Waals surface area contributed by atoms with Gasteiger partial charge in [-0.25, -0.2) is 0 Å². The van der Waals surface area contributed by atoms with Gasteiger partial charge in [-0.3, -0.25) is 9.59 Å². The van der Waals surface area contributed by atoms with Gasteiger partial charge in [0.15, 0.2) is 5.41 Å². The predicted octanol–water partition coefficient (Wildman–Crippen LogP) is 0.296. The molecule has 1 atom stereocenters. The van der Waals surface area contributed by atoms with Gasteiger partial charge in [-0.2, -0.15) is 0 Å². The van der Waals surface area contributed by atoms with E-state index >= 15 is 0 Å². The fourth-order valence-electron chi connectivity index (χ4n) is 1.77. The zero-order valence-corrected chi connectivity index (χ0v) is 9.11. The van der Waals surface area contributed by atoms with Gasteiger partial charge in [0.2, 0.25) is 5.91 Å². The summed E-state index contributed by atoms with van der Waals surface area (Å²) >= 11 is 0. The Bertz CT molecular complexity index is 300. The summed E-state index contributed by atoms with van der Waals surface area (Å²) in [7, 11) is 0. The molecule has 1 unspecified atom stereocenters. The Balaban J connectivity index is 2.70. The highest BCUT2D eigenvalue weighted by atomic mass is 16.4. The Morgan fingerprint density at radius 3 is 2.69 bits per heavy atom. The zero-order chi connectivity index (χ0) is 12.0. The molecule has 3 N–H and O–H groups in total. The van der Waals surface area contributed by atoms with Crippen molar-refractivity contribution in [1.29, 1.82) is 0 Å². The molecule has 0 spiro atoms. The lowest BCUT2D eigenvalue weighted by molar-refractivity contribution is -0.153. The maximum atomic E-state index is 11.8. The topological polar surface area (TPSA) is 86.6 Å². The molecule has 1 aliphatic rings. The van der Waals surface area contributed by atoms with Crippen molar-refractivity contribution in [2.75, 3.05) is 13.2 Å². The number of amides is 1. The molecule has 0 radical (unpaired) electrons. The largest absolute Gasteiger partial charge is 0.480 e. The second kappa shape index (κ2) is 5.65. The number of rotatable bonds is 5. The van der Waals surface area contributed by atoms with Crippen molar-refractivity contribution in [3.8, 4) is 0 Å². The molecule has 5 heteroatoms. The summed E-state index contributed by atoms with van der Waals surface area (Å²) in [5, 5.41) is 20.3. The second-order valence-electron chi connectivity index (χ2n) is 3.90. The molecule has 0 fully saturated rings. The summed E-state index contributed by atoms with van der Waals surface area (Å²) in [6.45, 7) is 0.286. The van der Waals surface area contributed by atoms with Crippen LogP contribution in [-0.4, -0.2) is 35.2 Å². The van der Waals surface area contributed by atoms with Gasteiger partial charge in [-0.15, -0.1) is 0 Å². The van der Waals surface area contributed by atoms with Gasteiger partial charge in [0.05, 0.1) is 0 Å². The van der Waals surface area contributed by atoms with E-state index in [0.717, 1.165) is 6.42 Å². The molecular formula is C11H17NO4. The molecule has 1 aliphatic carbocycles. The van der Waals surface area contributed by atoms with Crippen molar-refractivity contribution >= 4 is 11.9 Å². The van der Waals surface area contributed by atoms with Crippen LogP contribution in [0.2, 0.25) is 0 Å². The van der Waals surface area contributed by atoms with Crippen LogP contribution in [0.4, 0.5) is 0 Å². The molecule has 0 saturated carbocycles. The van der Waals surface area contributed by atoms with E-state index < -0.39 is 17.3 Å². The van der Waals surface area contributed by atoms with Crippen molar-refractivity contribution < 1.29 is 19.8 Å². The van der Waals surface area contributed by atoms with Gasteiger partial charge < -0.3 is 15.5 Å². The predicted molar refractivity (Wildman–Crippen MR) is 57.8 cm³/mol. The average Bonchev–Trinajstić information content (AvgIpc) is 2.30. The van der Waals surface area contributed by atoms with Crippen LogP contribution in [0.1, 0.15) is 25.7 Å². The van der Waals surface area contributed by atoms with Gasteiger partial charge in [0.1, 0.15) is 0 Å². The van der Waals surface area contributed by atoms with Gasteiger partial charge in [0.25, 0.3) is 0 Å². The fourth-order valence-corrected chi connectivity index (χ4v) is 1.77. The van der Waals surface area contributed by atoms with Crippen LogP contribution >= 0.6 is 0 Å². The standard InChI is InChI=1S/C11H17NO4/c13-8-4-7-12-9(14)11(10(15)16)5-2-1-3-6-11/h2,5,13H,1,3-4,6-8H2,(H,12,14)(H,15,16). The number of aliphatic carboxylic acids is 1. The number of nitrogens with one attached hydrogen (secondary N) is 1. The number of carboxylic acids is 1. The van der Waals surface area contributed by atoms with Gasteiger partial charge in [-0.1, -0.05) is 12.2 Å². The first-order valence-corrected chi connectivity index (χ1v) is 5.44. The van der Waals surface area contributed by atoms with E-state index in [0.29, 0.717) is 25.8 Å². The minimum absolute atomic E-state index is 0.0177. The monoisotopic (exact) mass is 227 g/mol. The molecule has 0 bridgehead atoms. The summed E-state index contributed by atoms with van der Waals surface area (Å²) in [5.74, 6) is -1.59. The Morgan fingerprint density at radius 2 is 2.19 bits per heavy atom. The number of carbonyl (C=O) groups excluding carboxylic acids is 1. The van der Waals surface area contributed by atoms with Crippen molar-refractivity contribution in [1.82, 2.24) is 5.32 Å². The van der Waals surface area contributed by atoms with E-state index in [-0.39, 0.29) is 6.61 Å². The third-order valence-corrected chi connectivity index (χ3v) is 2.75. The Labute approximate surface area is 94.2 Å². The smallest absolute Gasteiger partial charge is 0.323 e. The number of hydrogen-bond acceptors (Lipinski definition) is 3. The van der Waals surface area contributed by atoms with Crippen LogP contribution in [0.5, 0.6) is 0 Å². The van der Waals surface area contributed by atoms with E-state index in [2.05, 4.69) is 5.32 Å². The third kappa shape index (κ3) is 2.61. The number of aliphatic hydroxyl groups excluding tert-OH is 1. The fraction of sp³-hybridized carbons (Fsp3) is 0.636. The van der Waals surface area contributed by atoms with E-state index in [4.69, 9.17) is 10.2 Å². The Morgan fingerprint density at radius 1 is 1.44 bits per heavy atom. The van der Waals surface area contributed by atoms with Gasteiger partial charge in [-0.05, 0) is 25.7 Å². The third-order valence-electron chi connectivity index (χ3n) is 2.75. The van der Waals surface area contributed by atoms with Crippen LogP contribution in [-0.2, 0) is 9.59 Å². The summed E-state index contributed by atoms with van der Waals surface area (Å²) in [6.07, 6.45) is 5.51. The van der Waals surface area contributed by atoms with Gasteiger partial charge >= 0.3 is 5.97 Å². The summed E-state index contributed by atoms with van der Waals surface area (Å²) in [4.78, 5) is 23.0. The number of carbonyl (C=O) groups is 2. The maximum Gasteiger partial charge on any atom is 0.323 e. The van der Waals surface area contributed by atoms with Crippen LogP contribution in [0.25, 0.3) is 0 Å². The molecule has 0 aromatic carbocycles. The first-order chi connectivity index (χ1) is 7.63. The molecule has 16 heavy (non-hydrogen) atoms. The summed E-state index contributed by atoms with van der Waals surface area (Å²) < 4.78 is 0. The highest BCUT2D eigenvalue weighted by Crippen LogP contribution is 2.31. The Hall–Kier alpha value is -1.36. The summed E-state index contributed by atoms with van der Waals surface area (Å²) in [5.41, 5.74) is -1.41. The minimum atomic E-state index is -1.41. The first kappa shape index (κ1) is 12.7. The van der Waals surface area contributed by atoms with E-state index in [1.807, 2.05) is 0 Å². The van der Waals surface area contributed by atoms with Gasteiger partial charge in [0, 0.05) is 13.2 Å². The van der Waals surface area contributed by atoms with E-state index in [1.165, 1.54) is 6.08 Å². The number of hydrogen-bond donors (Lipinski definition) is 3. The molecule has 0 heterocycles. The highest BCUT2D eigenvalue weighted by molar-refractivity contribution is 6.04. The minimum Gasteiger partial charge on any atom is -0.480 e. The Kier molecular flexibility index (Phi) is 4.49. The van der Waals surface area contributed by atoms with E-state index in [1.54, 1.807) is 6.08 Å². The molecule has 0 aromatic heterocycles. The normalized spacial score (nSPS) is 24.1. The maximum absolute atomic E-state index is 11.8. The molecular weight excluding hydrogens is 210 g/mol. The molecule has 1 amide bonds. The number of allylic oxidation sites excluding steroid dienone is 1. The van der Waals surface area contributed by atoms with Crippen LogP contribution in [0.3, 0.4) is 0 Å². The number of aliphatic hydroxyl groups is 1. The highest BCUT2D eigenvalue weighted by Gasteiger charge is 2.44. The lowest BCUT2D eigenvalue weighted by Crippen LogP contribution is -2.46. The molecule has 1 rings (SSSR count). The molecule has 90 valence electrons. The lowest BCUT2D eigenvalue weighted by Gasteiger charge is -2.27. The zero-order valence-electron chi connectivity index (χ0n) is 9.11. The van der Waals surface area contributed by atoms with Crippen molar-refractivity contribution in [3.63, 3.8) is 0 Å². The van der Waals surface area contributed by atoms with E-state index in [9.17, 15) is 9.59 Å². The second-order valence-corrected chi connectivity index (χ2v) is 3.90. The van der Waals surface area contributed by atoms with Crippen molar-refractivity contribution in [2.45, 2.75) is 25.7 Å². The van der Waals surface area contributed by atoms with Crippen LogP contribution in [0.15, 0.2) is 12.2 Å².